The van der Waals surface area contributed by atoms with Crippen LogP contribution in [0.1, 0.15) is 31.0 Å². The Hall–Kier alpha value is -1.39. The molecule has 0 aliphatic heterocycles. The van der Waals surface area contributed by atoms with Crippen molar-refractivity contribution in [2.45, 2.75) is 32.7 Å². The molecule has 0 aliphatic rings. The molecule has 0 spiro atoms. The molecule has 4 nitrogen and oxygen atoms in total. The number of rotatable bonds is 5. The maximum Gasteiger partial charge on any atom is 0.328 e. The molecule has 0 saturated heterocycles. The Kier molecular flexibility index (Phi) is 4.78. The first-order valence-electron chi connectivity index (χ1n) is 6.47. The molecule has 2 rings (SSSR count). The van der Waals surface area contributed by atoms with Crippen molar-refractivity contribution in [2.24, 2.45) is 0 Å². The van der Waals surface area contributed by atoms with Crippen molar-refractivity contribution in [3.8, 4) is 5.88 Å². The summed E-state index contributed by atoms with van der Waals surface area (Å²) in [6.07, 6.45) is 2.20. The normalized spacial score (nSPS) is 10.9. The van der Waals surface area contributed by atoms with E-state index in [0.717, 1.165) is 18.4 Å². The van der Waals surface area contributed by atoms with Gasteiger partial charge in [-0.1, -0.05) is 42.6 Å². The van der Waals surface area contributed by atoms with Crippen molar-refractivity contribution in [3.05, 3.63) is 50.0 Å². The fourth-order valence-electron chi connectivity index (χ4n) is 2.01. The zero-order chi connectivity index (χ0) is 14.7. The van der Waals surface area contributed by atoms with Gasteiger partial charge in [0.05, 0.1) is 15.7 Å². The molecule has 0 unspecified atom stereocenters. The van der Waals surface area contributed by atoms with E-state index in [-0.39, 0.29) is 11.6 Å². The standard InChI is InChI=1S/C14H16Cl2N2O2/c1-2-3-6-18-13(19)12(17-14(18)20)8-9-4-5-10(15)11(16)7-9/h4-5,7,19H,2-3,6,8H2,1H3,(H,17,20). The lowest BCUT2D eigenvalue weighted by atomic mass is 10.1. The Morgan fingerprint density at radius 3 is 2.70 bits per heavy atom. The predicted octanol–water partition coefficient (Wildman–Crippen LogP) is 3.58. The largest absolute Gasteiger partial charge is 0.493 e. The summed E-state index contributed by atoms with van der Waals surface area (Å²) in [5.74, 6) is -0.00507. The molecule has 0 radical (unpaired) electrons. The van der Waals surface area contributed by atoms with Crippen LogP contribution in [0.2, 0.25) is 10.0 Å². The van der Waals surface area contributed by atoms with E-state index >= 15 is 0 Å². The van der Waals surface area contributed by atoms with E-state index in [2.05, 4.69) is 4.98 Å². The van der Waals surface area contributed by atoms with Crippen LogP contribution >= 0.6 is 23.2 Å². The molecule has 0 amide bonds. The number of aromatic hydroxyl groups is 1. The van der Waals surface area contributed by atoms with Gasteiger partial charge < -0.3 is 10.1 Å². The lowest BCUT2D eigenvalue weighted by Gasteiger charge is -2.04. The second kappa shape index (κ2) is 6.37. The summed E-state index contributed by atoms with van der Waals surface area (Å²) in [5, 5.41) is 11.0. The minimum Gasteiger partial charge on any atom is -0.493 e. The van der Waals surface area contributed by atoms with Gasteiger partial charge in [-0.05, 0) is 24.1 Å². The van der Waals surface area contributed by atoms with Crippen molar-refractivity contribution in [2.75, 3.05) is 0 Å². The number of imidazole rings is 1. The lowest BCUT2D eigenvalue weighted by molar-refractivity contribution is 0.404. The van der Waals surface area contributed by atoms with Crippen LogP contribution < -0.4 is 5.69 Å². The molecule has 1 aromatic heterocycles. The second-order valence-electron chi connectivity index (χ2n) is 4.66. The Balaban J connectivity index is 2.25. The number of halogens is 2. The maximum absolute atomic E-state index is 11.8. The number of nitrogens with zero attached hydrogens (tertiary/aromatic N) is 1. The Morgan fingerprint density at radius 1 is 1.30 bits per heavy atom. The van der Waals surface area contributed by atoms with Crippen LogP contribution in [0.15, 0.2) is 23.0 Å². The summed E-state index contributed by atoms with van der Waals surface area (Å²) < 4.78 is 1.36. The highest BCUT2D eigenvalue weighted by Crippen LogP contribution is 2.25. The van der Waals surface area contributed by atoms with E-state index in [4.69, 9.17) is 23.2 Å². The highest BCUT2D eigenvalue weighted by molar-refractivity contribution is 6.42. The molecular weight excluding hydrogens is 299 g/mol. The van der Waals surface area contributed by atoms with Crippen LogP contribution in [0.5, 0.6) is 5.88 Å². The van der Waals surface area contributed by atoms with Gasteiger partial charge in [0, 0.05) is 13.0 Å². The van der Waals surface area contributed by atoms with Crippen molar-refractivity contribution >= 4 is 23.2 Å². The van der Waals surface area contributed by atoms with Crippen LogP contribution in [-0.2, 0) is 13.0 Å². The van der Waals surface area contributed by atoms with Gasteiger partial charge in [0.15, 0.2) is 0 Å². The Bertz CT molecular complexity index is 662. The predicted molar refractivity (Wildman–Crippen MR) is 80.9 cm³/mol. The van der Waals surface area contributed by atoms with Crippen molar-refractivity contribution in [1.29, 1.82) is 0 Å². The van der Waals surface area contributed by atoms with Gasteiger partial charge in [0.2, 0.25) is 5.88 Å². The van der Waals surface area contributed by atoms with Crippen LogP contribution in [-0.4, -0.2) is 14.7 Å². The third kappa shape index (κ3) is 3.19. The summed E-state index contributed by atoms with van der Waals surface area (Å²) in [4.78, 5) is 14.5. The van der Waals surface area contributed by atoms with Gasteiger partial charge >= 0.3 is 5.69 Å². The lowest BCUT2D eigenvalue weighted by Crippen LogP contribution is -2.16. The smallest absolute Gasteiger partial charge is 0.328 e. The Morgan fingerprint density at radius 2 is 2.05 bits per heavy atom. The zero-order valence-electron chi connectivity index (χ0n) is 11.1. The van der Waals surface area contributed by atoms with E-state index in [9.17, 15) is 9.90 Å². The van der Waals surface area contributed by atoms with E-state index < -0.39 is 0 Å². The zero-order valence-corrected chi connectivity index (χ0v) is 12.6. The summed E-state index contributed by atoms with van der Waals surface area (Å²) in [6, 6.07) is 5.24. The summed E-state index contributed by atoms with van der Waals surface area (Å²) in [6.45, 7) is 2.55. The quantitative estimate of drug-likeness (QED) is 0.886. The fourth-order valence-corrected chi connectivity index (χ4v) is 2.33. The third-order valence-corrected chi connectivity index (χ3v) is 3.87. The number of H-pyrrole nitrogens is 1. The minimum atomic E-state index is -0.286. The van der Waals surface area contributed by atoms with Crippen molar-refractivity contribution < 1.29 is 5.11 Å². The van der Waals surface area contributed by atoms with Crippen LogP contribution in [0.3, 0.4) is 0 Å². The molecule has 1 aromatic carbocycles. The molecule has 0 aliphatic carbocycles. The molecule has 1 heterocycles. The molecule has 2 aromatic rings. The highest BCUT2D eigenvalue weighted by Gasteiger charge is 2.13. The third-order valence-electron chi connectivity index (χ3n) is 3.13. The van der Waals surface area contributed by atoms with Crippen LogP contribution in [0.25, 0.3) is 0 Å². The number of hydrogen-bond acceptors (Lipinski definition) is 2. The number of hydrogen-bond donors (Lipinski definition) is 2. The maximum atomic E-state index is 11.8. The molecule has 0 atom stereocenters. The molecule has 6 heteroatoms. The number of unbranched alkanes of at least 4 members (excludes halogenated alkanes) is 1. The Labute approximate surface area is 127 Å². The molecular formula is C14H16Cl2N2O2. The van der Waals surface area contributed by atoms with Gasteiger partial charge in [0.1, 0.15) is 0 Å². The first-order chi connectivity index (χ1) is 9.52. The highest BCUT2D eigenvalue weighted by atomic mass is 35.5. The van der Waals surface area contributed by atoms with Gasteiger partial charge in [-0.25, -0.2) is 4.79 Å². The van der Waals surface area contributed by atoms with Crippen molar-refractivity contribution in [3.63, 3.8) is 0 Å². The first-order valence-corrected chi connectivity index (χ1v) is 7.23. The monoisotopic (exact) mass is 314 g/mol. The van der Waals surface area contributed by atoms with E-state index in [1.54, 1.807) is 12.1 Å². The number of nitrogens with one attached hydrogen (secondary N) is 1. The molecule has 0 fully saturated rings. The van der Waals surface area contributed by atoms with Crippen molar-refractivity contribution in [1.82, 2.24) is 9.55 Å². The molecule has 20 heavy (non-hydrogen) atoms. The van der Waals surface area contributed by atoms with Crippen LogP contribution in [0.4, 0.5) is 0 Å². The van der Waals surface area contributed by atoms with E-state index in [1.807, 2.05) is 13.0 Å². The first kappa shape index (κ1) is 15.0. The van der Waals surface area contributed by atoms with E-state index in [1.165, 1.54) is 4.57 Å². The van der Waals surface area contributed by atoms with Gasteiger partial charge in [-0.15, -0.1) is 0 Å². The summed E-state index contributed by atoms with van der Waals surface area (Å²) >= 11 is 11.8. The fraction of sp³-hybridized carbons (Fsp3) is 0.357. The number of benzene rings is 1. The summed E-state index contributed by atoms with van der Waals surface area (Å²) in [7, 11) is 0. The average Bonchev–Trinajstić information content (AvgIpc) is 2.67. The van der Waals surface area contributed by atoms with E-state index in [0.29, 0.717) is 28.7 Å². The summed E-state index contributed by atoms with van der Waals surface area (Å²) in [5.41, 5.74) is 1.08. The van der Waals surface area contributed by atoms with Crippen LogP contribution in [0, 0.1) is 0 Å². The topological polar surface area (TPSA) is 58.0 Å². The number of aromatic nitrogens is 2. The molecule has 0 bridgehead atoms. The number of aromatic amines is 1. The minimum absolute atomic E-state index is 0.00507. The van der Waals surface area contributed by atoms with Gasteiger partial charge in [-0.3, -0.25) is 4.57 Å². The second-order valence-corrected chi connectivity index (χ2v) is 5.48. The average molecular weight is 315 g/mol. The molecule has 0 saturated carbocycles. The SMILES string of the molecule is CCCCn1c(O)c(Cc2ccc(Cl)c(Cl)c2)[nH]c1=O. The molecule has 108 valence electrons. The molecule has 2 N–H and O–H groups in total. The van der Waals surface area contributed by atoms with Gasteiger partial charge in [-0.2, -0.15) is 0 Å². The van der Waals surface area contributed by atoms with Gasteiger partial charge in [0.25, 0.3) is 0 Å².